The fourth-order valence-electron chi connectivity index (χ4n) is 1.37. The van der Waals surface area contributed by atoms with Crippen molar-refractivity contribution in [2.24, 2.45) is 0 Å². The molecule has 0 aliphatic carbocycles. The number of nitrogens with zero attached hydrogens (tertiary/aromatic N) is 3. The molecule has 2 rings (SSSR count). The number of hydrogen-bond donors (Lipinski definition) is 0. The summed E-state index contributed by atoms with van der Waals surface area (Å²) in [5.41, 5.74) is -0.805. The van der Waals surface area contributed by atoms with Crippen LogP contribution in [0.3, 0.4) is 0 Å². The Labute approximate surface area is 94.7 Å². The van der Waals surface area contributed by atoms with E-state index in [1.54, 1.807) is 36.4 Å². The van der Waals surface area contributed by atoms with Crippen LogP contribution in [0.4, 0.5) is 13.2 Å². The third-order valence-electron chi connectivity index (χ3n) is 2.12. The Morgan fingerprint density at radius 3 is 2.35 bits per heavy atom. The zero-order chi connectivity index (χ0) is 12.5. The highest BCUT2D eigenvalue weighted by Crippen LogP contribution is 2.29. The first-order valence-corrected chi connectivity index (χ1v) is 4.65. The maximum absolute atomic E-state index is 12.4. The molecule has 0 aliphatic rings. The molecule has 17 heavy (non-hydrogen) atoms. The summed E-state index contributed by atoms with van der Waals surface area (Å²) in [4.78, 5) is 0. The van der Waals surface area contributed by atoms with Gasteiger partial charge >= 0.3 is 6.18 Å². The van der Waals surface area contributed by atoms with E-state index in [1.165, 1.54) is 0 Å². The summed E-state index contributed by atoms with van der Waals surface area (Å²) in [7, 11) is 0. The van der Waals surface area contributed by atoms with E-state index in [0.29, 0.717) is 5.69 Å². The Morgan fingerprint density at radius 2 is 1.82 bits per heavy atom. The van der Waals surface area contributed by atoms with Crippen molar-refractivity contribution in [3.8, 4) is 11.8 Å². The molecule has 1 heterocycles. The van der Waals surface area contributed by atoms with Crippen molar-refractivity contribution in [3.05, 3.63) is 47.8 Å². The second-order valence-corrected chi connectivity index (χ2v) is 3.27. The van der Waals surface area contributed by atoms with Gasteiger partial charge in [0.15, 0.2) is 5.69 Å². The molecule has 86 valence electrons. The van der Waals surface area contributed by atoms with Crippen molar-refractivity contribution in [2.75, 3.05) is 0 Å². The Morgan fingerprint density at radius 1 is 1.18 bits per heavy atom. The van der Waals surface area contributed by atoms with Gasteiger partial charge in [-0.15, -0.1) is 0 Å². The zero-order valence-electron chi connectivity index (χ0n) is 8.44. The molecule has 0 aliphatic heterocycles. The second-order valence-electron chi connectivity index (χ2n) is 3.27. The summed E-state index contributed by atoms with van der Waals surface area (Å²) in [5.74, 6) is 0. The molecule has 2 aromatic rings. The highest BCUT2D eigenvalue weighted by Gasteiger charge is 2.35. The van der Waals surface area contributed by atoms with Gasteiger partial charge in [-0.3, -0.25) is 0 Å². The molecule has 0 saturated heterocycles. The molecule has 1 aromatic carbocycles. The van der Waals surface area contributed by atoms with E-state index < -0.39 is 11.9 Å². The first-order valence-electron chi connectivity index (χ1n) is 4.65. The summed E-state index contributed by atoms with van der Waals surface area (Å²) < 4.78 is 38.3. The Hall–Kier alpha value is -2.29. The van der Waals surface area contributed by atoms with Gasteiger partial charge < -0.3 is 0 Å². The van der Waals surface area contributed by atoms with E-state index in [2.05, 4.69) is 5.10 Å². The zero-order valence-corrected chi connectivity index (χ0v) is 8.44. The van der Waals surface area contributed by atoms with Gasteiger partial charge in [-0.25, -0.2) is 4.68 Å². The summed E-state index contributed by atoms with van der Waals surface area (Å²) in [5, 5.41) is 12.2. The second kappa shape index (κ2) is 3.94. The average molecular weight is 237 g/mol. The van der Waals surface area contributed by atoms with Gasteiger partial charge in [-0.1, -0.05) is 18.2 Å². The predicted octanol–water partition coefficient (Wildman–Crippen LogP) is 2.76. The smallest absolute Gasteiger partial charge is 0.222 e. The Balaban J connectivity index is 2.56. The lowest BCUT2D eigenvalue weighted by molar-refractivity contribution is -0.141. The molecule has 0 fully saturated rings. The normalized spacial score (nSPS) is 11.2. The van der Waals surface area contributed by atoms with Gasteiger partial charge in [0.2, 0.25) is 0 Å². The van der Waals surface area contributed by atoms with E-state index in [-0.39, 0.29) is 5.69 Å². The minimum atomic E-state index is -4.55. The SMILES string of the molecule is N#Cc1cc(C(F)(F)F)nn1-c1ccccc1. The van der Waals surface area contributed by atoms with Gasteiger partial charge in [0.05, 0.1) is 5.69 Å². The van der Waals surface area contributed by atoms with Crippen LogP contribution in [-0.2, 0) is 6.18 Å². The Bertz CT molecular complexity index is 564. The lowest BCUT2D eigenvalue weighted by atomic mass is 10.3. The lowest BCUT2D eigenvalue weighted by Gasteiger charge is -2.02. The van der Waals surface area contributed by atoms with Crippen LogP contribution in [-0.4, -0.2) is 9.78 Å². The van der Waals surface area contributed by atoms with E-state index in [4.69, 9.17) is 5.26 Å². The van der Waals surface area contributed by atoms with E-state index in [9.17, 15) is 13.2 Å². The van der Waals surface area contributed by atoms with Crippen molar-refractivity contribution >= 4 is 0 Å². The Kier molecular flexibility index (Phi) is 2.60. The minimum Gasteiger partial charge on any atom is -0.222 e. The highest BCUT2D eigenvalue weighted by atomic mass is 19.4. The van der Waals surface area contributed by atoms with Gasteiger partial charge in [0.1, 0.15) is 11.8 Å². The number of para-hydroxylation sites is 1. The lowest BCUT2D eigenvalue weighted by Crippen LogP contribution is -2.07. The molecule has 0 atom stereocenters. The first-order chi connectivity index (χ1) is 8.02. The molecule has 0 spiro atoms. The number of aromatic nitrogens is 2. The van der Waals surface area contributed by atoms with Crippen molar-refractivity contribution in [1.29, 1.82) is 5.26 Å². The van der Waals surface area contributed by atoms with E-state index >= 15 is 0 Å². The van der Waals surface area contributed by atoms with Crippen LogP contribution >= 0.6 is 0 Å². The number of hydrogen-bond acceptors (Lipinski definition) is 2. The maximum Gasteiger partial charge on any atom is 0.435 e. The van der Waals surface area contributed by atoms with Crippen molar-refractivity contribution in [3.63, 3.8) is 0 Å². The van der Waals surface area contributed by atoms with E-state index in [1.807, 2.05) is 0 Å². The van der Waals surface area contributed by atoms with Gasteiger partial charge in [-0.2, -0.15) is 23.5 Å². The standard InChI is InChI=1S/C11H6F3N3/c12-11(13,14)10-6-9(7-15)17(16-10)8-4-2-1-3-5-8/h1-6H. The molecular formula is C11H6F3N3. The average Bonchev–Trinajstić information content (AvgIpc) is 2.73. The largest absolute Gasteiger partial charge is 0.435 e. The molecule has 0 bridgehead atoms. The predicted molar refractivity (Wildman–Crippen MR) is 53.3 cm³/mol. The van der Waals surface area contributed by atoms with Gasteiger partial charge in [0.25, 0.3) is 0 Å². The van der Waals surface area contributed by atoms with Gasteiger partial charge in [-0.05, 0) is 12.1 Å². The molecule has 0 radical (unpaired) electrons. The molecule has 1 aromatic heterocycles. The molecule has 0 amide bonds. The summed E-state index contributed by atoms with van der Waals surface area (Å²) in [6, 6.07) is 10.6. The van der Waals surface area contributed by atoms with Crippen molar-refractivity contribution in [1.82, 2.24) is 9.78 Å². The van der Waals surface area contributed by atoms with Gasteiger partial charge in [0, 0.05) is 6.07 Å². The van der Waals surface area contributed by atoms with E-state index in [0.717, 1.165) is 10.7 Å². The molecule has 6 heteroatoms. The van der Waals surface area contributed by atoms with Crippen LogP contribution in [0.1, 0.15) is 11.4 Å². The number of nitriles is 1. The third-order valence-corrected chi connectivity index (χ3v) is 2.12. The van der Waals surface area contributed by atoms with Crippen LogP contribution < -0.4 is 0 Å². The van der Waals surface area contributed by atoms with Crippen LogP contribution in [0.25, 0.3) is 5.69 Å². The fraction of sp³-hybridized carbons (Fsp3) is 0.0909. The number of benzene rings is 1. The topological polar surface area (TPSA) is 41.6 Å². The van der Waals surface area contributed by atoms with Crippen LogP contribution in [0, 0.1) is 11.3 Å². The molecule has 0 N–H and O–H groups in total. The minimum absolute atomic E-state index is 0.150. The fourth-order valence-corrected chi connectivity index (χ4v) is 1.37. The molecular weight excluding hydrogens is 231 g/mol. The van der Waals surface area contributed by atoms with Crippen LogP contribution in [0.2, 0.25) is 0 Å². The molecule has 0 saturated carbocycles. The summed E-state index contributed by atoms with van der Waals surface area (Å²) >= 11 is 0. The summed E-state index contributed by atoms with van der Waals surface area (Å²) in [6.07, 6.45) is -4.55. The number of alkyl halides is 3. The third kappa shape index (κ3) is 2.13. The number of halogens is 3. The maximum atomic E-state index is 12.4. The molecule has 3 nitrogen and oxygen atoms in total. The monoisotopic (exact) mass is 237 g/mol. The highest BCUT2D eigenvalue weighted by molar-refractivity contribution is 5.37. The number of rotatable bonds is 1. The van der Waals surface area contributed by atoms with Crippen molar-refractivity contribution in [2.45, 2.75) is 6.18 Å². The van der Waals surface area contributed by atoms with Crippen LogP contribution in [0.15, 0.2) is 36.4 Å². The first kappa shape index (κ1) is 11.2. The van der Waals surface area contributed by atoms with Crippen molar-refractivity contribution < 1.29 is 13.2 Å². The molecule has 0 unspecified atom stereocenters. The quantitative estimate of drug-likeness (QED) is 0.765. The van der Waals surface area contributed by atoms with Crippen LogP contribution in [0.5, 0.6) is 0 Å². The summed E-state index contributed by atoms with van der Waals surface area (Å²) in [6.45, 7) is 0.